The molecule has 1 unspecified atom stereocenters. The first-order valence-corrected chi connectivity index (χ1v) is 7.54. The van der Waals surface area contributed by atoms with Crippen molar-refractivity contribution in [3.05, 3.63) is 28.3 Å². The van der Waals surface area contributed by atoms with Crippen LogP contribution in [-0.4, -0.2) is 37.3 Å². The summed E-state index contributed by atoms with van der Waals surface area (Å²) >= 11 is 0. The Bertz CT molecular complexity index is 487. The number of hydrogen-bond acceptors (Lipinski definition) is 5. The molecule has 1 aliphatic rings. The highest BCUT2D eigenvalue weighted by Crippen LogP contribution is 2.28. The smallest absolute Gasteiger partial charge is 0.273 e. The van der Waals surface area contributed by atoms with Gasteiger partial charge in [0.25, 0.3) is 5.69 Å². The fourth-order valence-corrected chi connectivity index (χ4v) is 2.64. The first-order valence-electron chi connectivity index (χ1n) is 7.54. The molecule has 1 aliphatic heterocycles. The van der Waals surface area contributed by atoms with Gasteiger partial charge in [-0.15, -0.1) is 0 Å². The van der Waals surface area contributed by atoms with E-state index in [4.69, 9.17) is 4.74 Å². The van der Waals surface area contributed by atoms with E-state index in [-0.39, 0.29) is 16.7 Å². The zero-order valence-electron chi connectivity index (χ0n) is 12.7. The van der Waals surface area contributed by atoms with Crippen molar-refractivity contribution in [3.63, 3.8) is 0 Å². The van der Waals surface area contributed by atoms with Gasteiger partial charge in [0.2, 0.25) is 0 Å². The van der Waals surface area contributed by atoms with E-state index in [0.29, 0.717) is 0 Å². The van der Waals surface area contributed by atoms with Gasteiger partial charge in [0, 0.05) is 49.7 Å². The number of non-ortho nitro benzene ring substituents is 1. The fourth-order valence-electron chi connectivity index (χ4n) is 2.64. The highest BCUT2D eigenvalue weighted by Gasteiger charge is 2.20. The average molecular weight is 293 g/mol. The maximum Gasteiger partial charge on any atom is 0.273 e. The van der Waals surface area contributed by atoms with Crippen LogP contribution in [0.1, 0.15) is 26.7 Å². The summed E-state index contributed by atoms with van der Waals surface area (Å²) in [4.78, 5) is 12.9. The van der Waals surface area contributed by atoms with Crippen molar-refractivity contribution in [1.29, 1.82) is 0 Å². The summed E-state index contributed by atoms with van der Waals surface area (Å²) in [5, 5.41) is 14.3. The van der Waals surface area contributed by atoms with Crippen molar-refractivity contribution in [3.8, 4) is 0 Å². The largest absolute Gasteiger partial charge is 0.385 e. The number of nitro benzene ring substituents is 1. The van der Waals surface area contributed by atoms with Gasteiger partial charge in [-0.05, 0) is 32.8 Å². The van der Waals surface area contributed by atoms with Gasteiger partial charge in [0.15, 0.2) is 0 Å². The minimum Gasteiger partial charge on any atom is -0.385 e. The third-order valence-electron chi connectivity index (χ3n) is 3.69. The van der Waals surface area contributed by atoms with Crippen LogP contribution in [0.15, 0.2) is 18.2 Å². The minimum absolute atomic E-state index is 0.120. The number of benzene rings is 1. The monoisotopic (exact) mass is 293 g/mol. The molecule has 1 heterocycles. The molecular weight excluding hydrogens is 270 g/mol. The lowest BCUT2D eigenvalue weighted by atomic mass is 10.2. The molecule has 6 nitrogen and oxygen atoms in total. The second kappa shape index (κ2) is 7.26. The summed E-state index contributed by atoms with van der Waals surface area (Å²) in [5.41, 5.74) is 1.78. The number of nitro groups is 1. The summed E-state index contributed by atoms with van der Waals surface area (Å²) < 4.78 is 5.67. The fraction of sp³-hybridized carbons (Fsp3) is 0.600. The molecule has 1 atom stereocenters. The van der Waals surface area contributed by atoms with Crippen molar-refractivity contribution >= 4 is 17.1 Å². The zero-order chi connectivity index (χ0) is 15.2. The van der Waals surface area contributed by atoms with E-state index in [0.717, 1.165) is 50.5 Å². The molecule has 2 rings (SSSR count). The molecule has 6 heteroatoms. The highest BCUT2D eigenvalue weighted by atomic mass is 16.6. The van der Waals surface area contributed by atoms with Crippen molar-refractivity contribution in [2.45, 2.75) is 32.8 Å². The zero-order valence-corrected chi connectivity index (χ0v) is 12.7. The highest BCUT2D eigenvalue weighted by molar-refractivity contribution is 5.64. The molecule has 116 valence electrons. The Kier molecular flexibility index (Phi) is 5.38. The molecule has 1 fully saturated rings. The minimum atomic E-state index is -0.343. The molecule has 0 saturated carbocycles. The standard InChI is InChI=1S/C15H23N3O3/c1-3-16-12-8-13(10-14(9-12)18(19)20)17(4-2)11-15-6-5-7-21-15/h8-10,15-16H,3-7,11H2,1-2H3. The van der Waals surface area contributed by atoms with E-state index < -0.39 is 0 Å². The molecule has 0 bridgehead atoms. The SMILES string of the molecule is CCNc1cc(N(CC)CC2CCCO2)cc([N+](=O)[O-])c1. The quantitative estimate of drug-likeness (QED) is 0.618. The Hall–Kier alpha value is -1.82. The molecule has 1 aromatic rings. The van der Waals surface area contributed by atoms with Crippen molar-refractivity contribution < 1.29 is 9.66 Å². The molecule has 1 saturated heterocycles. The number of likely N-dealkylation sites (N-methyl/N-ethyl adjacent to an activating group) is 1. The van der Waals surface area contributed by atoms with Gasteiger partial charge in [-0.3, -0.25) is 10.1 Å². The average Bonchev–Trinajstić information content (AvgIpc) is 2.97. The molecule has 1 N–H and O–H groups in total. The van der Waals surface area contributed by atoms with Crippen molar-refractivity contribution in [2.75, 3.05) is 36.5 Å². The summed E-state index contributed by atoms with van der Waals surface area (Å²) in [7, 11) is 0. The maximum absolute atomic E-state index is 11.1. The van der Waals surface area contributed by atoms with Gasteiger partial charge in [-0.25, -0.2) is 0 Å². The van der Waals surface area contributed by atoms with E-state index in [1.54, 1.807) is 12.1 Å². The number of rotatable bonds is 7. The van der Waals surface area contributed by atoms with Crippen LogP contribution in [0.2, 0.25) is 0 Å². The Morgan fingerprint density at radius 3 is 2.81 bits per heavy atom. The molecule has 0 spiro atoms. The van der Waals surface area contributed by atoms with Gasteiger partial charge < -0.3 is 15.0 Å². The summed E-state index contributed by atoms with van der Waals surface area (Å²) in [6.45, 7) is 7.16. The first kappa shape index (κ1) is 15.6. The van der Waals surface area contributed by atoms with Gasteiger partial charge in [0.1, 0.15) is 0 Å². The van der Waals surface area contributed by atoms with Crippen molar-refractivity contribution in [1.82, 2.24) is 0 Å². The molecule has 1 aromatic carbocycles. The van der Waals surface area contributed by atoms with Gasteiger partial charge in [-0.2, -0.15) is 0 Å². The van der Waals surface area contributed by atoms with E-state index >= 15 is 0 Å². The van der Waals surface area contributed by atoms with Crippen LogP contribution in [0.5, 0.6) is 0 Å². The Balaban J connectivity index is 2.23. The maximum atomic E-state index is 11.1. The lowest BCUT2D eigenvalue weighted by molar-refractivity contribution is -0.384. The predicted octanol–water partition coefficient (Wildman–Crippen LogP) is 3.03. The second-order valence-corrected chi connectivity index (χ2v) is 5.20. The number of hydrogen-bond donors (Lipinski definition) is 1. The van der Waals surface area contributed by atoms with Crippen LogP contribution < -0.4 is 10.2 Å². The summed E-state index contributed by atoms with van der Waals surface area (Å²) in [6.07, 6.45) is 2.39. The predicted molar refractivity (Wildman–Crippen MR) is 84.1 cm³/mol. The van der Waals surface area contributed by atoms with E-state index in [2.05, 4.69) is 17.1 Å². The molecule has 0 radical (unpaired) electrons. The van der Waals surface area contributed by atoms with E-state index in [1.807, 2.05) is 13.0 Å². The van der Waals surface area contributed by atoms with Crippen LogP contribution in [-0.2, 0) is 4.74 Å². The Morgan fingerprint density at radius 2 is 2.24 bits per heavy atom. The van der Waals surface area contributed by atoms with Crippen LogP contribution in [0.25, 0.3) is 0 Å². The van der Waals surface area contributed by atoms with Crippen LogP contribution in [0, 0.1) is 10.1 Å². The molecule has 0 aromatic heterocycles. The number of nitrogens with zero attached hydrogens (tertiary/aromatic N) is 2. The Labute approximate surface area is 125 Å². The molecule has 21 heavy (non-hydrogen) atoms. The van der Waals surface area contributed by atoms with Crippen molar-refractivity contribution in [2.24, 2.45) is 0 Å². The molecular formula is C15H23N3O3. The normalized spacial score (nSPS) is 17.7. The van der Waals surface area contributed by atoms with E-state index in [9.17, 15) is 10.1 Å². The molecule has 0 amide bonds. The van der Waals surface area contributed by atoms with Crippen LogP contribution in [0.4, 0.5) is 17.1 Å². The van der Waals surface area contributed by atoms with Gasteiger partial charge in [-0.1, -0.05) is 0 Å². The third kappa shape index (κ3) is 4.07. The van der Waals surface area contributed by atoms with Crippen LogP contribution in [0.3, 0.4) is 0 Å². The van der Waals surface area contributed by atoms with E-state index in [1.165, 1.54) is 0 Å². The van der Waals surface area contributed by atoms with Gasteiger partial charge >= 0.3 is 0 Å². The topological polar surface area (TPSA) is 67.6 Å². The number of ether oxygens (including phenoxy) is 1. The second-order valence-electron chi connectivity index (χ2n) is 5.20. The number of anilines is 2. The third-order valence-corrected chi connectivity index (χ3v) is 3.69. The number of nitrogens with one attached hydrogen (secondary N) is 1. The lowest BCUT2D eigenvalue weighted by Gasteiger charge is -2.26. The van der Waals surface area contributed by atoms with Crippen LogP contribution >= 0.6 is 0 Å². The lowest BCUT2D eigenvalue weighted by Crippen LogP contribution is -2.32. The first-order chi connectivity index (χ1) is 10.1. The van der Waals surface area contributed by atoms with Gasteiger partial charge in [0.05, 0.1) is 11.0 Å². The summed E-state index contributed by atoms with van der Waals surface area (Å²) in [6, 6.07) is 5.18. The molecule has 0 aliphatic carbocycles. The summed E-state index contributed by atoms with van der Waals surface area (Å²) in [5.74, 6) is 0. The Morgan fingerprint density at radius 1 is 1.43 bits per heavy atom.